The van der Waals surface area contributed by atoms with Gasteiger partial charge in [0.1, 0.15) is 11.6 Å². The number of amides is 1. The Bertz CT molecular complexity index is 974. The fourth-order valence-corrected chi connectivity index (χ4v) is 3.73. The molecular weight excluding hydrogens is 408 g/mol. The molecule has 170 valence electrons. The molecule has 1 aliphatic carbocycles. The number of rotatable bonds is 11. The highest BCUT2D eigenvalue weighted by atomic mass is 16.5. The van der Waals surface area contributed by atoms with Crippen molar-refractivity contribution in [3.05, 3.63) is 60.0 Å². The second-order valence-electron chi connectivity index (χ2n) is 7.75. The van der Waals surface area contributed by atoms with E-state index < -0.39 is 0 Å². The van der Waals surface area contributed by atoms with Gasteiger partial charge in [-0.1, -0.05) is 13.0 Å². The molecule has 0 spiro atoms. The number of aromatic nitrogens is 3. The van der Waals surface area contributed by atoms with Crippen LogP contribution in [-0.2, 0) is 4.79 Å². The van der Waals surface area contributed by atoms with Crippen LogP contribution < -0.4 is 9.47 Å². The van der Waals surface area contributed by atoms with Crippen LogP contribution in [-0.4, -0.2) is 58.2 Å². The van der Waals surface area contributed by atoms with E-state index in [2.05, 4.69) is 21.9 Å². The van der Waals surface area contributed by atoms with Gasteiger partial charge >= 0.3 is 0 Å². The van der Waals surface area contributed by atoms with E-state index in [1.807, 2.05) is 32.1 Å². The summed E-state index contributed by atoms with van der Waals surface area (Å²) in [5.74, 6) is 3.02. The van der Waals surface area contributed by atoms with Crippen LogP contribution in [0, 0.1) is 18.8 Å². The van der Waals surface area contributed by atoms with Crippen LogP contribution in [0.1, 0.15) is 36.8 Å². The van der Waals surface area contributed by atoms with Crippen molar-refractivity contribution >= 4 is 12.0 Å². The highest BCUT2D eigenvalue weighted by Gasteiger charge is 2.49. The molecule has 3 unspecified atom stereocenters. The van der Waals surface area contributed by atoms with Crippen LogP contribution in [0.2, 0.25) is 0 Å². The molecule has 3 atom stereocenters. The lowest BCUT2D eigenvalue weighted by atomic mass is 10.1. The van der Waals surface area contributed by atoms with Gasteiger partial charge in [0.05, 0.1) is 32.1 Å². The van der Waals surface area contributed by atoms with Crippen molar-refractivity contribution in [2.75, 3.05) is 26.9 Å². The van der Waals surface area contributed by atoms with E-state index in [4.69, 9.17) is 14.6 Å². The Labute approximate surface area is 188 Å². The molecule has 8 nitrogen and oxygen atoms in total. The first-order chi connectivity index (χ1) is 15.5. The van der Waals surface area contributed by atoms with E-state index in [1.165, 1.54) is 4.90 Å². The normalized spacial score (nSPS) is 20.3. The minimum atomic E-state index is -0.111. The zero-order valence-corrected chi connectivity index (χ0v) is 18.9. The molecule has 1 saturated carbocycles. The summed E-state index contributed by atoms with van der Waals surface area (Å²) in [5, 5.41) is 9.06. The number of allylic oxidation sites excluding steroid dienone is 3. The second kappa shape index (κ2) is 10.9. The van der Waals surface area contributed by atoms with Gasteiger partial charge in [-0.3, -0.25) is 9.78 Å². The predicted molar refractivity (Wildman–Crippen MR) is 121 cm³/mol. The van der Waals surface area contributed by atoms with Gasteiger partial charge in [0.2, 0.25) is 12.3 Å². The third-order valence-electron chi connectivity index (χ3n) is 5.75. The number of aryl methyl sites for hydroxylation is 1. The van der Waals surface area contributed by atoms with Crippen LogP contribution in [0.3, 0.4) is 0 Å². The van der Waals surface area contributed by atoms with Crippen LogP contribution in [0.4, 0.5) is 0 Å². The summed E-state index contributed by atoms with van der Waals surface area (Å²) in [5.41, 5.74) is 2.61. The minimum Gasteiger partial charge on any atom is -0.495 e. The molecule has 1 amide bonds. The lowest BCUT2D eigenvalue weighted by Crippen LogP contribution is -2.18. The summed E-state index contributed by atoms with van der Waals surface area (Å²) in [6.45, 7) is 6.56. The zero-order chi connectivity index (χ0) is 23.1. The largest absolute Gasteiger partial charge is 0.495 e. The van der Waals surface area contributed by atoms with Gasteiger partial charge in [-0.05, 0) is 43.5 Å². The number of methoxy groups -OCH3 is 1. The molecule has 0 aliphatic heterocycles. The molecule has 1 aliphatic rings. The lowest BCUT2D eigenvalue weighted by molar-refractivity contribution is -0.116. The first kappa shape index (κ1) is 23.4. The van der Waals surface area contributed by atoms with E-state index in [1.54, 1.807) is 31.8 Å². The van der Waals surface area contributed by atoms with Crippen molar-refractivity contribution in [2.24, 2.45) is 11.8 Å². The Kier molecular flexibility index (Phi) is 7.94. The quantitative estimate of drug-likeness (QED) is 0.425. The second-order valence-corrected chi connectivity index (χ2v) is 7.75. The molecular formula is C24H30N4O4. The number of nitrogens with zero attached hydrogens (tertiary/aromatic N) is 4. The maximum absolute atomic E-state index is 11.1. The highest BCUT2D eigenvalue weighted by molar-refractivity contribution is 5.76. The molecule has 32 heavy (non-hydrogen) atoms. The molecule has 1 fully saturated rings. The van der Waals surface area contributed by atoms with Gasteiger partial charge in [-0.25, -0.2) is 4.98 Å². The Morgan fingerprint density at radius 1 is 1.28 bits per heavy atom. The van der Waals surface area contributed by atoms with Crippen molar-refractivity contribution in [2.45, 2.75) is 26.7 Å². The molecule has 0 aromatic carbocycles. The molecule has 0 bridgehead atoms. The standard InChI is InChI=1S/C24H30N4O4/c1-5-18(8-9-28(15-30)10-11-29)20-13-25-17(3)27-24(20)32-14-21-16(2)23(21)22-7-6-19(31-4)12-26-22/h5-9,12-13,15-16,21,23,29H,10-11,14H2,1-4H3/b9-8-,18-5+. The monoisotopic (exact) mass is 438 g/mol. The van der Waals surface area contributed by atoms with Crippen molar-refractivity contribution in [1.82, 2.24) is 19.9 Å². The van der Waals surface area contributed by atoms with Gasteiger partial charge in [0.25, 0.3) is 0 Å². The number of carbonyl (C=O) groups is 1. The van der Waals surface area contributed by atoms with Gasteiger partial charge < -0.3 is 19.5 Å². The van der Waals surface area contributed by atoms with Gasteiger partial charge in [0.15, 0.2) is 0 Å². The van der Waals surface area contributed by atoms with Crippen molar-refractivity contribution < 1.29 is 19.4 Å². The third kappa shape index (κ3) is 5.50. The van der Waals surface area contributed by atoms with Crippen LogP contribution in [0.25, 0.3) is 5.57 Å². The molecule has 8 heteroatoms. The number of carbonyl (C=O) groups excluding carboxylic acids is 1. The van der Waals surface area contributed by atoms with E-state index in [0.29, 0.717) is 42.5 Å². The summed E-state index contributed by atoms with van der Waals surface area (Å²) < 4.78 is 11.4. The molecule has 0 radical (unpaired) electrons. The topological polar surface area (TPSA) is 97.7 Å². The van der Waals surface area contributed by atoms with Crippen LogP contribution in [0.5, 0.6) is 11.6 Å². The molecule has 2 aromatic rings. The van der Waals surface area contributed by atoms with Crippen LogP contribution >= 0.6 is 0 Å². The van der Waals surface area contributed by atoms with Crippen LogP contribution in [0.15, 0.2) is 42.9 Å². The Morgan fingerprint density at radius 2 is 2.09 bits per heavy atom. The van der Waals surface area contributed by atoms with Gasteiger partial charge in [-0.2, -0.15) is 4.98 Å². The summed E-state index contributed by atoms with van der Waals surface area (Å²) >= 11 is 0. The first-order valence-corrected chi connectivity index (χ1v) is 10.7. The van der Waals surface area contributed by atoms with Crippen molar-refractivity contribution in [3.8, 4) is 11.6 Å². The molecule has 2 aromatic heterocycles. The fourth-order valence-electron chi connectivity index (χ4n) is 3.73. The maximum atomic E-state index is 11.1. The number of aliphatic hydroxyl groups excluding tert-OH is 1. The predicted octanol–water partition coefficient (Wildman–Crippen LogP) is 2.98. The van der Waals surface area contributed by atoms with E-state index in [0.717, 1.165) is 22.6 Å². The lowest BCUT2D eigenvalue weighted by Gasteiger charge is -2.13. The first-order valence-electron chi connectivity index (χ1n) is 10.7. The van der Waals surface area contributed by atoms with Crippen molar-refractivity contribution in [1.29, 1.82) is 0 Å². The third-order valence-corrected chi connectivity index (χ3v) is 5.75. The number of aliphatic hydroxyl groups is 1. The molecule has 3 rings (SSSR count). The van der Waals surface area contributed by atoms with E-state index >= 15 is 0 Å². The Hall–Kier alpha value is -3.26. The fraction of sp³-hybridized carbons (Fsp3) is 0.417. The smallest absolute Gasteiger partial charge is 0.224 e. The minimum absolute atomic E-state index is 0.111. The molecule has 1 N–H and O–H groups in total. The number of hydrogen-bond donors (Lipinski definition) is 1. The average molecular weight is 439 g/mol. The van der Waals surface area contributed by atoms with Gasteiger partial charge in [-0.15, -0.1) is 0 Å². The number of pyridine rings is 1. The molecule has 2 heterocycles. The number of ether oxygens (including phenoxy) is 2. The SMILES string of the molecule is C/C=C(\C=C/N(C=O)CCO)c1cnc(C)nc1OCC1C(C)C1c1ccc(OC)cn1. The van der Waals surface area contributed by atoms with E-state index in [9.17, 15) is 4.79 Å². The Balaban J connectivity index is 1.72. The summed E-state index contributed by atoms with van der Waals surface area (Å²) in [6.07, 6.45) is 9.46. The summed E-state index contributed by atoms with van der Waals surface area (Å²) in [7, 11) is 1.63. The Morgan fingerprint density at radius 3 is 2.72 bits per heavy atom. The zero-order valence-electron chi connectivity index (χ0n) is 18.9. The highest BCUT2D eigenvalue weighted by Crippen LogP contribution is 2.53. The summed E-state index contributed by atoms with van der Waals surface area (Å²) in [6, 6.07) is 3.94. The van der Waals surface area contributed by atoms with Gasteiger partial charge in [0, 0.05) is 36.5 Å². The van der Waals surface area contributed by atoms with E-state index in [-0.39, 0.29) is 13.2 Å². The molecule has 0 saturated heterocycles. The maximum Gasteiger partial charge on any atom is 0.224 e. The number of hydrogen-bond acceptors (Lipinski definition) is 7. The average Bonchev–Trinajstić information content (AvgIpc) is 3.47. The summed E-state index contributed by atoms with van der Waals surface area (Å²) in [4.78, 5) is 25.9. The van der Waals surface area contributed by atoms with Crippen molar-refractivity contribution in [3.63, 3.8) is 0 Å².